The molecule has 1 aliphatic heterocycles. The number of alkyl halides is 2. The molecule has 0 radical (unpaired) electrons. The summed E-state index contributed by atoms with van der Waals surface area (Å²) in [6.45, 7) is 1.09. The quantitative estimate of drug-likeness (QED) is 0.684. The molecule has 166 valence electrons. The van der Waals surface area contributed by atoms with Crippen LogP contribution in [0, 0.1) is 18.6 Å². The SMILES string of the molecule is Cc1nn(CCO)cc1NC(=O)C1CCC(C)O1.Fc1cccc(OC(F)F)c1F. The molecule has 7 nitrogen and oxygen atoms in total. The number of nitrogens with zero attached hydrogens (tertiary/aromatic N) is 2. The summed E-state index contributed by atoms with van der Waals surface area (Å²) in [4.78, 5) is 12.0. The second-order valence-corrected chi connectivity index (χ2v) is 6.55. The number of anilines is 1. The predicted octanol–water partition coefficient (Wildman–Crippen LogP) is 3.26. The van der Waals surface area contributed by atoms with Crippen LogP contribution in [0.2, 0.25) is 0 Å². The van der Waals surface area contributed by atoms with Crippen LogP contribution in [0.4, 0.5) is 23.2 Å². The first kappa shape index (κ1) is 23.6. The Balaban J connectivity index is 0.000000232. The standard InChI is InChI=1S/C12H19N3O3.C7H4F4O/c1-8-3-4-11(18-8)12(17)13-10-7-15(5-6-16)14-9(10)2;8-4-2-1-3-5(6(4)9)12-7(10)11/h7-8,11,16H,3-6H2,1-2H3,(H,13,17);1-3,7H. The van der Waals surface area contributed by atoms with Gasteiger partial charge in [-0.25, -0.2) is 4.39 Å². The van der Waals surface area contributed by atoms with E-state index in [4.69, 9.17) is 9.84 Å². The second kappa shape index (κ2) is 10.9. The smallest absolute Gasteiger partial charge is 0.387 e. The van der Waals surface area contributed by atoms with Crippen LogP contribution in [0.25, 0.3) is 0 Å². The summed E-state index contributed by atoms with van der Waals surface area (Å²) in [5, 5.41) is 15.9. The summed E-state index contributed by atoms with van der Waals surface area (Å²) < 4.78 is 58.7. The number of rotatable bonds is 6. The average Bonchev–Trinajstić information content (AvgIpc) is 3.25. The summed E-state index contributed by atoms with van der Waals surface area (Å²) >= 11 is 0. The van der Waals surface area contributed by atoms with E-state index in [1.807, 2.05) is 13.8 Å². The topological polar surface area (TPSA) is 85.6 Å². The lowest BCUT2D eigenvalue weighted by Crippen LogP contribution is -2.27. The molecule has 1 aliphatic rings. The van der Waals surface area contributed by atoms with Gasteiger partial charge in [-0.2, -0.15) is 18.3 Å². The van der Waals surface area contributed by atoms with Gasteiger partial charge in [-0.15, -0.1) is 0 Å². The highest BCUT2D eigenvalue weighted by atomic mass is 19.3. The zero-order valence-electron chi connectivity index (χ0n) is 16.4. The Morgan fingerprint density at radius 1 is 1.40 bits per heavy atom. The highest BCUT2D eigenvalue weighted by Gasteiger charge is 2.28. The van der Waals surface area contributed by atoms with E-state index in [-0.39, 0.29) is 24.7 Å². The minimum absolute atomic E-state index is 0.0256. The van der Waals surface area contributed by atoms with E-state index in [0.717, 1.165) is 36.7 Å². The largest absolute Gasteiger partial charge is 0.432 e. The van der Waals surface area contributed by atoms with Crippen LogP contribution in [0.1, 0.15) is 25.5 Å². The average molecular weight is 433 g/mol. The monoisotopic (exact) mass is 433 g/mol. The Morgan fingerprint density at radius 2 is 2.13 bits per heavy atom. The fourth-order valence-corrected chi connectivity index (χ4v) is 2.74. The molecule has 1 amide bonds. The van der Waals surface area contributed by atoms with Gasteiger partial charge in [0.05, 0.1) is 30.6 Å². The maximum Gasteiger partial charge on any atom is 0.387 e. The van der Waals surface area contributed by atoms with E-state index in [2.05, 4.69) is 15.2 Å². The number of carbonyl (C=O) groups excluding carboxylic acids is 1. The van der Waals surface area contributed by atoms with Crippen LogP contribution in [-0.2, 0) is 16.1 Å². The Morgan fingerprint density at radius 3 is 2.73 bits per heavy atom. The number of aromatic nitrogens is 2. The highest BCUT2D eigenvalue weighted by Crippen LogP contribution is 2.22. The summed E-state index contributed by atoms with van der Waals surface area (Å²) in [7, 11) is 0. The minimum Gasteiger partial charge on any atom is -0.432 e. The molecule has 2 heterocycles. The number of hydrogen-bond acceptors (Lipinski definition) is 5. The molecule has 2 aromatic rings. The molecule has 1 aromatic heterocycles. The lowest BCUT2D eigenvalue weighted by atomic mass is 10.2. The Kier molecular flexibility index (Phi) is 8.60. The van der Waals surface area contributed by atoms with Crippen molar-refractivity contribution < 1.29 is 36.9 Å². The van der Waals surface area contributed by atoms with Crippen molar-refractivity contribution in [2.24, 2.45) is 0 Å². The van der Waals surface area contributed by atoms with Crippen LogP contribution in [0.3, 0.4) is 0 Å². The number of aryl methyl sites for hydroxylation is 1. The summed E-state index contributed by atoms with van der Waals surface area (Å²) in [5.41, 5.74) is 1.42. The maximum atomic E-state index is 12.5. The van der Waals surface area contributed by atoms with E-state index in [1.165, 1.54) is 0 Å². The van der Waals surface area contributed by atoms with Crippen molar-refractivity contribution in [3.8, 4) is 5.75 Å². The van der Waals surface area contributed by atoms with Gasteiger partial charge in [0.15, 0.2) is 11.6 Å². The fourth-order valence-electron chi connectivity index (χ4n) is 2.74. The first-order valence-corrected chi connectivity index (χ1v) is 9.21. The molecule has 0 saturated carbocycles. The van der Waals surface area contributed by atoms with E-state index < -0.39 is 24.0 Å². The van der Waals surface area contributed by atoms with Gasteiger partial charge in [-0.1, -0.05) is 6.07 Å². The number of ether oxygens (including phenoxy) is 2. The lowest BCUT2D eigenvalue weighted by Gasteiger charge is -2.10. The third-order valence-electron chi connectivity index (χ3n) is 4.19. The van der Waals surface area contributed by atoms with Crippen LogP contribution < -0.4 is 10.1 Å². The number of hydrogen-bond donors (Lipinski definition) is 2. The predicted molar refractivity (Wildman–Crippen MR) is 99.2 cm³/mol. The highest BCUT2D eigenvalue weighted by molar-refractivity contribution is 5.94. The molecular weight excluding hydrogens is 410 g/mol. The van der Waals surface area contributed by atoms with Gasteiger partial charge in [0.1, 0.15) is 6.10 Å². The number of benzene rings is 1. The van der Waals surface area contributed by atoms with Gasteiger partial charge in [-0.3, -0.25) is 9.48 Å². The van der Waals surface area contributed by atoms with Gasteiger partial charge < -0.3 is 19.9 Å². The number of aliphatic hydroxyl groups excluding tert-OH is 1. The maximum absolute atomic E-state index is 12.5. The van der Waals surface area contributed by atoms with Crippen LogP contribution >= 0.6 is 0 Å². The third kappa shape index (κ3) is 6.70. The molecule has 0 aliphatic carbocycles. The van der Waals surface area contributed by atoms with Crippen molar-refractivity contribution in [3.63, 3.8) is 0 Å². The molecule has 11 heteroatoms. The normalized spacial score (nSPS) is 18.1. The summed E-state index contributed by atoms with van der Waals surface area (Å²) in [5.74, 6) is -3.53. The Hall–Kier alpha value is -2.66. The van der Waals surface area contributed by atoms with E-state index in [1.54, 1.807) is 10.9 Å². The van der Waals surface area contributed by atoms with Gasteiger partial charge in [-0.05, 0) is 38.8 Å². The van der Waals surface area contributed by atoms with Crippen molar-refractivity contribution in [3.05, 3.63) is 41.7 Å². The molecule has 0 spiro atoms. The molecule has 1 saturated heterocycles. The van der Waals surface area contributed by atoms with Crippen LogP contribution in [0.5, 0.6) is 5.75 Å². The summed E-state index contributed by atoms with van der Waals surface area (Å²) in [6.07, 6.45) is 3.19. The van der Waals surface area contributed by atoms with E-state index in [9.17, 15) is 22.4 Å². The molecule has 1 aromatic carbocycles. The zero-order chi connectivity index (χ0) is 22.3. The number of nitrogens with one attached hydrogen (secondary N) is 1. The van der Waals surface area contributed by atoms with Gasteiger partial charge >= 0.3 is 6.61 Å². The van der Waals surface area contributed by atoms with Crippen molar-refractivity contribution in [1.29, 1.82) is 0 Å². The fraction of sp³-hybridized carbons (Fsp3) is 0.474. The molecule has 2 atom stereocenters. The van der Waals surface area contributed by atoms with E-state index in [0.29, 0.717) is 12.2 Å². The third-order valence-corrected chi connectivity index (χ3v) is 4.19. The molecule has 2 N–H and O–H groups in total. The molecule has 0 bridgehead atoms. The number of carbonyl (C=O) groups is 1. The van der Waals surface area contributed by atoms with Crippen molar-refractivity contribution in [2.75, 3.05) is 11.9 Å². The van der Waals surface area contributed by atoms with Crippen molar-refractivity contribution >= 4 is 11.6 Å². The number of aliphatic hydroxyl groups is 1. The molecule has 3 rings (SSSR count). The number of halogens is 4. The lowest BCUT2D eigenvalue weighted by molar-refractivity contribution is -0.126. The molecule has 2 unspecified atom stereocenters. The van der Waals surface area contributed by atoms with Crippen molar-refractivity contribution in [1.82, 2.24) is 9.78 Å². The minimum atomic E-state index is -3.15. The molecule has 30 heavy (non-hydrogen) atoms. The Bertz CT molecular complexity index is 847. The van der Waals surface area contributed by atoms with Crippen LogP contribution in [-0.4, -0.2) is 46.2 Å². The first-order valence-electron chi connectivity index (χ1n) is 9.21. The van der Waals surface area contributed by atoms with Crippen LogP contribution in [0.15, 0.2) is 24.4 Å². The number of amides is 1. The summed E-state index contributed by atoms with van der Waals surface area (Å²) in [6, 6.07) is 2.81. The molecule has 1 fully saturated rings. The van der Waals surface area contributed by atoms with Gasteiger partial charge in [0.25, 0.3) is 5.91 Å². The molecular formula is C19H23F4N3O4. The van der Waals surface area contributed by atoms with E-state index >= 15 is 0 Å². The zero-order valence-corrected chi connectivity index (χ0v) is 16.4. The first-order chi connectivity index (χ1) is 14.2. The second-order valence-electron chi connectivity index (χ2n) is 6.55. The van der Waals surface area contributed by atoms with Gasteiger partial charge in [0, 0.05) is 6.20 Å². The van der Waals surface area contributed by atoms with Gasteiger partial charge in [0.2, 0.25) is 5.82 Å². The van der Waals surface area contributed by atoms with Crippen molar-refractivity contribution in [2.45, 2.75) is 52.1 Å². The Labute approximate surface area is 170 Å².